The van der Waals surface area contributed by atoms with Crippen molar-refractivity contribution in [3.05, 3.63) is 0 Å². The fourth-order valence-electron chi connectivity index (χ4n) is 2.72. The van der Waals surface area contributed by atoms with Crippen molar-refractivity contribution in [2.24, 2.45) is 11.8 Å². The molecule has 0 aliphatic heterocycles. The van der Waals surface area contributed by atoms with Crippen molar-refractivity contribution < 1.29 is 14.3 Å². The Hall–Kier alpha value is -1.06. The predicted molar refractivity (Wildman–Crippen MR) is 59.0 cm³/mol. The number of rotatable bonds is 1. The number of carbonyl (C=O) groups is 2. The van der Waals surface area contributed by atoms with Gasteiger partial charge in [0.2, 0.25) is 0 Å². The number of Topliss-reactive ketones (excluding diaryl/α,β-unsaturated/α-hetero) is 1. The maximum Gasteiger partial charge on any atom is 0.407 e. The van der Waals surface area contributed by atoms with Gasteiger partial charge >= 0.3 is 6.09 Å². The third-order valence-corrected chi connectivity index (χ3v) is 3.27. The molecule has 1 amide bonds. The number of ketones is 1. The van der Waals surface area contributed by atoms with Crippen LogP contribution in [-0.4, -0.2) is 23.5 Å². The Balaban J connectivity index is 1.87. The minimum Gasteiger partial charge on any atom is -0.444 e. The van der Waals surface area contributed by atoms with E-state index in [4.69, 9.17) is 4.74 Å². The second-order valence-corrected chi connectivity index (χ2v) is 5.87. The van der Waals surface area contributed by atoms with Crippen LogP contribution in [0.4, 0.5) is 4.79 Å². The minimum atomic E-state index is -0.480. The largest absolute Gasteiger partial charge is 0.444 e. The standard InChI is InChI=1S/C12H19NO3/c1-12(2,3)16-11(15)13-9-5-7-4-8(9)10(14)6-7/h7-9H,4-6H2,1-3H3,(H,13,15)/t7-,8+,9+/m0/s1. The van der Waals surface area contributed by atoms with E-state index >= 15 is 0 Å². The average molecular weight is 225 g/mol. The number of amides is 1. The summed E-state index contributed by atoms with van der Waals surface area (Å²) in [5.74, 6) is 0.826. The normalized spacial score (nSPS) is 32.9. The van der Waals surface area contributed by atoms with Crippen molar-refractivity contribution in [2.45, 2.75) is 51.7 Å². The predicted octanol–water partition coefficient (Wildman–Crippen LogP) is 1.88. The van der Waals surface area contributed by atoms with E-state index in [0.29, 0.717) is 18.1 Å². The van der Waals surface area contributed by atoms with Crippen molar-refractivity contribution in [3.63, 3.8) is 0 Å². The first-order chi connectivity index (χ1) is 7.35. The lowest BCUT2D eigenvalue weighted by Gasteiger charge is -2.25. The van der Waals surface area contributed by atoms with Crippen LogP contribution in [0.1, 0.15) is 40.0 Å². The van der Waals surface area contributed by atoms with Crippen molar-refractivity contribution in [1.29, 1.82) is 0 Å². The Morgan fingerprint density at radius 1 is 1.38 bits per heavy atom. The van der Waals surface area contributed by atoms with Crippen LogP contribution in [0.3, 0.4) is 0 Å². The summed E-state index contributed by atoms with van der Waals surface area (Å²) in [6.45, 7) is 5.50. The third-order valence-electron chi connectivity index (χ3n) is 3.27. The maximum atomic E-state index is 11.6. The van der Waals surface area contributed by atoms with Crippen LogP contribution in [0.2, 0.25) is 0 Å². The lowest BCUT2D eigenvalue weighted by Crippen LogP contribution is -2.43. The molecule has 1 N–H and O–H groups in total. The first-order valence-electron chi connectivity index (χ1n) is 5.87. The molecule has 16 heavy (non-hydrogen) atoms. The zero-order chi connectivity index (χ0) is 11.9. The van der Waals surface area contributed by atoms with E-state index in [9.17, 15) is 9.59 Å². The Morgan fingerprint density at radius 3 is 2.56 bits per heavy atom. The molecule has 2 rings (SSSR count). The van der Waals surface area contributed by atoms with Gasteiger partial charge in [0.1, 0.15) is 11.4 Å². The van der Waals surface area contributed by atoms with Gasteiger partial charge in [-0.1, -0.05) is 0 Å². The zero-order valence-corrected chi connectivity index (χ0v) is 10.1. The molecule has 0 aromatic heterocycles. The summed E-state index contributed by atoms with van der Waals surface area (Å²) >= 11 is 0. The molecular weight excluding hydrogens is 206 g/mol. The molecule has 0 saturated heterocycles. The fourth-order valence-corrected chi connectivity index (χ4v) is 2.72. The molecule has 0 aromatic rings. The highest BCUT2D eigenvalue weighted by atomic mass is 16.6. The molecule has 0 spiro atoms. The van der Waals surface area contributed by atoms with Gasteiger partial charge in [0, 0.05) is 18.4 Å². The van der Waals surface area contributed by atoms with E-state index in [0.717, 1.165) is 12.8 Å². The quantitative estimate of drug-likeness (QED) is 0.741. The van der Waals surface area contributed by atoms with Gasteiger partial charge in [-0.3, -0.25) is 4.79 Å². The van der Waals surface area contributed by atoms with E-state index in [1.54, 1.807) is 0 Å². The smallest absolute Gasteiger partial charge is 0.407 e. The highest BCUT2D eigenvalue weighted by molar-refractivity contribution is 5.86. The van der Waals surface area contributed by atoms with Gasteiger partial charge in [-0.05, 0) is 39.5 Å². The molecule has 4 heteroatoms. The van der Waals surface area contributed by atoms with Gasteiger partial charge < -0.3 is 10.1 Å². The van der Waals surface area contributed by atoms with Crippen LogP contribution in [-0.2, 0) is 9.53 Å². The van der Waals surface area contributed by atoms with Crippen LogP contribution >= 0.6 is 0 Å². The van der Waals surface area contributed by atoms with E-state index in [1.165, 1.54) is 0 Å². The molecule has 2 bridgehead atoms. The lowest BCUT2D eigenvalue weighted by atomic mass is 9.94. The highest BCUT2D eigenvalue weighted by Gasteiger charge is 2.46. The molecule has 90 valence electrons. The Kier molecular flexibility index (Phi) is 2.68. The van der Waals surface area contributed by atoms with Crippen molar-refractivity contribution in [3.8, 4) is 0 Å². The molecule has 2 aliphatic rings. The molecule has 4 nitrogen and oxygen atoms in total. The second kappa shape index (κ2) is 3.75. The zero-order valence-electron chi connectivity index (χ0n) is 10.1. The monoisotopic (exact) mass is 225 g/mol. The Morgan fingerprint density at radius 2 is 2.06 bits per heavy atom. The van der Waals surface area contributed by atoms with E-state index in [-0.39, 0.29) is 12.0 Å². The molecule has 0 aromatic carbocycles. The average Bonchev–Trinajstić information content (AvgIpc) is 2.57. The van der Waals surface area contributed by atoms with E-state index < -0.39 is 11.7 Å². The highest BCUT2D eigenvalue weighted by Crippen LogP contribution is 2.42. The van der Waals surface area contributed by atoms with Crippen molar-refractivity contribution in [1.82, 2.24) is 5.32 Å². The minimum absolute atomic E-state index is 0.00102. The molecule has 2 saturated carbocycles. The number of carbonyl (C=O) groups excluding carboxylic acids is 2. The van der Waals surface area contributed by atoms with Gasteiger partial charge in [0.15, 0.2) is 0 Å². The summed E-state index contributed by atoms with van der Waals surface area (Å²) in [6, 6.07) is 0.00102. The number of hydrogen-bond acceptors (Lipinski definition) is 3. The van der Waals surface area contributed by atoms with Crippen molar-refractivity contribution >= 4 is 11.9 Å². The summed E-state index contributed by atoms with van der Waals surface area (Å²) < 4.78 is 5.18. The first kappa shape index (κ1) is 11.4. The molecule has 0 unspecified atom stereocenters. The van der Waals surface area contributed by atoms with Crippen LogP contribution in [0.5, 0.6) is 0 Å². The summed E-state index contributed by atoms with van der Waals surface area (Å²) in [6.07, 6.45) is 2.17. The number of fused-ring (bicyclic) bond motifs is 2. The Labute approximate surface area is 95.7 Å². The van der Waals surface area contributed by atoms with Crippen LogP contribution in [0, 0.1) is 11.8 Å². The summed E-state index contributed by atoms with van der Waals surface area (Å²) in [4.78, 5) is 23.1. The second-order valence-electron chi connectivity index (χ2n) is 5.87. The lowest BCUT2D eigenvalue weighted by molar-refractivity contribution is -0.122. The SMILES string of the molecule is CC(C)(C)OC(=O)N[C@@H]1C[C@H]2CC(=O)[C@@H]1C2. The van der Waals surface area contributed by atoms with Gasteiger partial charge in [-0.25, -0.2) is 4.79 Å². The van der Waals surface area contributed by atoms with E-state index in [2.05, 4.69) is 5.32 Å². The molecule has 2 aliphatic carbocycles. The van der Waals surface area contributed by atoms with Crippen LogP contribution in [0.15, 0.2) is 0 Å². The first-order valence-corrected chi connectivity index (χ1v) is 5.87. The molecule has 0 radical (unpaired) electrons. The number of nitrogens with one attached hydrogen (secondary N) is 1. The number of hydrogen-bond donors (Lipinski definition) is 1. The summed E-state index contributed by atoms with van der Waals surface area (Å²) in [7, 11) is 0. The van der Waals surface area contributed by atoms with Crippen LogP contribution in [0.25, 0.3) is 0 Å². The number of alkyl carbamates (subject to hydrolysis) is 1. The molecular formula is C12H19NO3. The van der Waals surface area contributed by atoms with Gasteiger partial charge in [-0.15, -0.1) is 0 Å². The van der Waals surface area contributed by atoms with Gasteiger partial charge in [-0.2, -0.15) is 0 Å². The molecule has 3 atom stereocenters. The Bertz CT molecular complexity index is 319. The summed E-state index contributed by atoms with van der Waals surface area (Å²) in [5.41, 5.74) is -0.480. The van der Waals surface area contributed by atoms with Crippen molar-refractivity contribution in [2.75, 3.05) is 0 Å². The van der Waals surface area contributed by atoms with Gasteiger partial charge in [0.25, 0.3) is 0 Å². The molecule has 0 heterocycles. The number of ether oxygens (including phenoxy) is 1. The third kappa shape index (κ3) is 2.36. The summed E-state index contributed by atoms with van der Waals surface area (Å²) in [5, 5.41) is 2.82. The van der Waals surface area contributed by atoms with Crippen LogP contribution < -0.4 is 5.32 Å². The molecule has 2 fully saturated rings. The van der Waals surface area contributed by atoms with Gasteiger partial charge in [0.05, 0.1) is 0 Å². The van der Waals surface area contributed by atoms with E-state index in [1.807, 2.05) is 20.8 Å². The topological polar surface area (TPSA) is 55.4 Å². The fraction of sp³-hybridized carbons (Fsp3) is 0.833. The maximum absolute atomic E-state index is 11.6.